The molecule has 4 heteroatoms. The smallest absolute Gasteiger partial charge is 0.340 e. The Kier molecular flexibility index (Phi) is 3.55. The van der Waals surface area contributed by atoms with Gasteiger partial charge in [-0.3, -0.25) is 0 Å². The lowest BCUT2D eigenvalue weighted by Gasteiger charge is -2.09. The quantitative estimate of drug-likeness (QED) is 0.585. The number of carbonyl (C=O) groups is 1. The van der Waals surface area contributed by atoms with Gasteiger partial charge in [0.15, 0.2) is 0 Å². The van der Waals surface area contributed by atoms with E-state index in [0.29, 0.717) is 23.5 Å². The Morgan fingerprint density at radius 3 is 2.67 bits per heavy atom. The topological polar surface area (TPSA) is 78.3 Å². The van der Waals surface area contributed by atoms with Gasteiger partial charge in [-0.25, -0.2) is 4.79 Å². The minimum atomic E-state index is -0.412. The minimum absolute atomic E-state index is 0.293. The minimum Gasteiger partial charge on any atom is -0.462 e. The van der Waals surface area contributed by atoms with E-state index in [9.17, 15) is 4.79 Å². The van der Waals surface area contributed by atoms with Crippen molar-refractivity contribution in [2.45, 2.75) is 20.3 Å². The average molecular weight is 208 g/mol. The van der Waals surface area contributed by atoms with Gasteiger partial charge in [0.25, 0.3) is 0 Å². The number of carbonyl (C=O) groups excluding carboxylic acids is 1. The third kappa shape index (κ3) is 2.62. The zero-order valence-corrected chi connectivity index (χ0v) is 9.04. The summed E-state index contributed by atoms with van der Waals surface area (Å²) < 4.78 is 4.99. The van der Waals surface area contributed by atoms with Gasteiger partial charge in [-0.05, 0) is 31.0 Å². The van der Waals surface area contributed by atoms with Crippen molar-refractivity contribution in [2.24, 2.45) is 0 Å². The zero-order chi connectivity index (χ0) is 11.4. The zero-order valence-electron chi connectivity index (χ0n) is 9.04. The van der Waals surface area contributed by atoms with Crippen LogP contribution in [0.4, 0.5) is 11.4 Å². The van der Waals surface area contributed by atoms with Crippen molar-refractivity contribution in [3.05, 3.63) is 23.3 Å². The van der Waals surface area contributed by atoms with Crippen LogP contribution in [0.5, 0.6) is 0 Å². The highest BCUT2D eigenvalue weighted by molar-refractivity contribution is 5.98. The third-order valence-corrected chi connectivity index (χ3v) is 2.01. The van der Waals surface area contributed by atoms with E-state index >= 15 is 0 Å². The van der Waals surface area contributed by atoms with E-state index in [4.69, 9.17) is 16.2 Å². The van der Waals surface area contributed by atoms with Gasteiger partial charge in [0.2, 0.25) is 0 Å². The summed E-state index contributed by atoms with van der Waals surface area (Å²) >= 11 is 0. The molecule has 0 heterocycles. The highest BCUT2D eigenvalue weighted by Crippen LogP contribution is 2.22. The molecule has 4 N–H and O–H groups in total. The summed E-state index contributed by atoms with van der Waals surface area (Å²) in [5.41, 5.74) is 13.3. The van der Waals surface area contributed by atoms with Crippen molar-refractivity contribution in [3.63, 3.8) is 0 Å². The summed E-state index contributed by atoms with van der Waals surface area (Å²) in [6, 6.07) is 3.41. The van der Waals surface area contributed by atoms with Gasteiger partial charge < -0.3 is 16.2 Å². The van der Waals surface area contributed by atoms with Crippen LogP contribution in [0, 0.1) is 6.92 Å². The summed E-state index contributed by atoms with van der Waals surface area (Å²) in [6.45, 7) is 4.18. The molecule has 0 spiro atoms. The molecule has 0 unspecified atom stereocenters. The number of nitrogens with two attached hydrogens (primary N) is 2. The first-order chi connectivity index (χ1) is 7.06. The normalized spacial score (nSPS) is 10.0. The van der Waals surface area contributed by atoms with Crippen molar-refractivity contribution < 1.29 is 9.53 Å². The second-order valence-corrected chi connectivity index (χ2v) is 3.45. The van der Waals surface area contributed by atoms with Gasteiger partial charge in [-0.2, -0.15) is 0 Å². The average Bonchev–Trinajstić information content (AvgIpc) is 2.19. The van der Waals surface area contributed by atoms with Crippen LogP contribution in [-0.4, -0.2) is 12.6 Å². The molecule has 0 amide bonds. The first kappa shape index (κ1) is 11.4. The predicted octanol–water partition coefficient (Wildman–Crippen LogP) is 1.73. The van der Waals surface area contributed by atoms with Crippen molar-refractivity contribution in [3.8, 4) is 0 Å². The lowest BCUT2D eigenvalue weighted by molar-refractivity contribution is 0.0506. The Morgan fingerprint density at radius 1 is 1.40 bits per heavy atom. The van der Waals surface area contributed by atoms with Gasteiger partial charge >= 0.3 is 5.97 Å². The molecule has 0 saturated carbocycles. The van der Waals surface area contributed by atoms with Crippen molar-refractivity contribution >= 4 is 17.3 Å². The molecular weight excluding hydrogens is 192 g/mol. The molecule has 0 radical (unpaired) electrons. The Hall–Kier alpha value is -1.71. The van der Waals surface area contributed by atoms with E-state index < -0.39 is 5.97 Å². The van der Waals surface area contributed by atoms with E-state index in [1.54, 1.807) is 12.1 Å². The number of nitrogen functional groups attached to an aromatic ring is 2. The Morgan fingerprint density at radius 2 is 2.07 bits per heavy atom. The molecule has 82 valence electrons. The molecule has 0 fully saturated rings. The lowest BCUT2D eigenvalue weighted by Crippen LogP contribution is -2.10. The summed E-state index contributed by atoms with van der Waals surface area (Å²) in [7, 11) is 0. The van der Waals surface area contributed by atoms with E-state index in [0.717, 1.165) is 12.0 Å². The number of esters is 1. The number of ether oxygens (including phenoxy) is 1. The predicted molar refractivity (Wildman–Crippen MR) is 60.6 cm³/mol. The van der Waals surface area contributed by atoms with Gasteiger partial charge in [-0.1, -0.05) is 6.92 Å². The Balaban J connectivity index is 2.98. The Bertz CT molecular complexity index is 375. The Labute approximate surface area is 89.2 Å². The van der Waals surface area contributed by atoms with Gasteiger partial charge in [0.05, 0.1) is 23.5 Å². The number of anilines is 2. The van der Waals surface area contributed by atoms with Crippen LogP contribution < -0.4 is 11.5 Å². The van der Waals surface area contributed by atoms with E-state index in [1.807, 2.05) is 13.8 Å². The summed E-state index contributed by atoms with van der Waals surface area (Å²) in [5, 5.41) is 0. The fraction of sp³-hybridized carbons (Fsp3) is 0.364. The molecule has 0 atom stereocenters. The molecule has 0 aliphatic rings. The third-order valence-electron chi connectivity index (χ3n) is 2.01. The number of benzene rings is 1. The molecule has 0 saturated heterocycles. The highest BCUT2D eigenvalue weighted by Gasteiger charge is 2.13. The van der Waals surface area contributed by atoms with Crippen LogP contribution in [0.1, 0.15) is 29.3 Å². The molecule has 1 rings (SSSR count). The van der Waals surface area contributed by atoms with Crippen molar-refractivity contribution in [2.75, 3.05) is 18.1 Å². The fourth-order valence-corrected chi connectivity index (χ4v) is 1.27. The van der Waals surface area contributed by atoms with Crippen molar-refractivity contribution in [1.82, 2.24) is 0 Å². The van der Waals surface area contributed by atoms with Crippen LogP contribution in [-0.2, 0) is 4.74 Å². The van der Waals surface area contributed by atoms with Gasteiger partial charge in [-0.15, -0.1) is 0 Å². The molecule has 0 aliphatic heterocycles. The molecular formula is C11H16N2O2. The molecule has 1 aromatic rings. The first-order valence-electron chi connectivity index (χ1n) is 4.89. The maximum Gasteiger partial charge on any atom is 0.340 e. The maximum atomic E-state index is 11.6. The molecule has 4 nitrogen and oxygen atoms in total. The molecule has 1 aromatic carbocycles. The lowest BCUT2D eigenvalue weighted by atomic mass is 10.1. The fourth-order valence-electron chi connectivity index (χ4n) is 1.27. The second kappa shape index (κ2) is 4.68. The summed E-state index contributed by atoms with van der Waals surface area (Å²) in [5.74, 6) is -0.412. The van der Waals surface area contributed by atoms with Gasteiger partial charge in [0, 0.05) is 0 Å². The maximum absolute atomic E-state index is 11.6. The SMILES string of the molecule is CCCOC(=O)c1cc(C)cc(N)c1N. The molecule has 0 aromatic heterocycles. The monoisotopic (exact) mass is 208 g/mol. The van der Waals surface area contributed by atoms with Crippen LogP contribution in [0.2, 0.25) is 0 Å². The number of rotatable bonds is 3. The number of hydrogen-bond donors (Lipinski definition) is 2. The standard InChI is InChI=1S/C11H16N2O2/c1-3-4-15-11(14)8-5-7(2)6-9(12)10(8)13/h5-6H,3-4,12-13H2,1-2H3. The van der Waals surface area contributed by atoms with Crippen LogP contribution in [0.15, 0.2) is 12.1 Å². The van der Waals surface area contributed by atoms with Crippen molar-refractivity contribution in [1.29, 1.82) is 0 Å². The summed E-state index contributed by atoms with van der Waals surface area (Å²) in [4.78, 5) is 11.6. The van der Waals surface area contributed by atoms with Gasteiger partial charge in [0.1, 0.15) is 0 Å². The second-order valence-electron chi connectivity index (χ2n) is 3.45. The van der Waals surface area contributed by atoms with E-state index in [2.05, 4.69) is 0 Å². The number of hydrogen-bond acceptors (Lipinski definition) is 4. The van der Waals surface area contributed by atoms with Crippen LogP contribution in [0.25, 0.3) is 0 Å². The van der Waals surface area contributed by atoms with E-state index in [1.165, 1.54) is 0 Å². The number of aryl methyl sites for hydroxylation is 1. The van der Waals surface area contributed by atoms with Crippen LogP contribution >= 0.6 is 0 Å². The van der Waals surface area contributed by atoms with E-state index in [-0.39, 0.29) is 0 Å². The summed E-state index contributed by atoms with van der Waals surface area (Å²) in [6.07, 6.45) is 0.785. The molecule has 0 aliphatic carbocycles. The first-order valence-corrected chi connectivity index (χ1v) is 4.89. The highest BCUT2D eigenvalue weighted by atomic mass is 16.5. The van der Waals surface area contributed by atoms with Crippen LogP contribution in [0.3, 0.4) is 0 Å². The molecule has 0 bridgehead atoms. The largest absolute Gasteiger partial charge is 0.462 e. The molecule has 15 heavy (non-hydrogen) atoms.